The van der Waals surface area contributed by atoms with E-state index in [1.54, 1.807) is 6.07 Å². The first-order valence-corrected chi connectivity index (χ1v) is 6.43. The van der Waals surface area contributed by atoms with Gasteiger partial charge >= 0.3 is 0 Å². The summed E-state index contributed by atoms with van der Waals surface area (Å²) in [5, 5.41) is 3.18. The van der Waals surface area contributed by atoms with Crippen molar-refractivity contribution in [1.29, 1.82) is 0 Å². The van der Waals surface area contributed by atoms with Crippen LogP contribution in [0.25, 0.3) is 0 Å². The second kappa shape index (κ2) is 5.17. The number of halogens is 2. The monoisotopic (exact) mass is 278 g/mol. The van der Waals surface area contributed by atoms with Crippen LogP contribution in [0, 0.1) is 5.82 Å². The summed E-state index contributed by atoms with van der Waals surface area (Å²) in [4.78, 5) is 4.34. The average molecular weight is 279 g/mol. The Morgan fingerprint density at radius 2 is 1.89 bits per heavy atom. The molecule has 1 heterocycles. The van der Waals surface area contributed by atoms with Crippen LogP contribution in [0.3, 0.4) is 0 Å². The molecule has 0 spiro atoms. The molecule has 4 heteroatoms. The van der Waals surface area contributed by atoms with Gasteiger partial charge in [-0.15, -0.1) is 0 Å². The largest absolute Gasteiger partial charge is 0.340 e. The zero-order chi connectivity index (χ0) is 14.0. The molecule has 2 rings (SSSR count). The van der Waals surface area contributed by atoms with Crippen molar-refractivity contribution in [3.05, 3.63) is 52.9 Å². The summed E-state index contributed by atoms with van der Waals surface area (Å²) in [5.74, 6) is 0.277. The maximum Gasteiger partial charge on any atom is 0.141 e. The minimum Gasteiger partial charge on any atom is -0.340 e. The van der Waals surface area contributed by atoms with Crippen molar-refractivity contribution >= 4 is 23.1 Å². The zero-order valence-electron chi connectivity index (χ0n) is 11.2. The highest BCUT2D eigenvalue weighted by Crippen LogP contribution is 2.24. The van der Waals surface area contributed by atoms with Crippen LogP contribution in [0.1, 0.15) is 26.3 Å². The van der Waals surface area contributed by atoms with Gasteiger partial charge in [0.15, 0.2) is 0 Å². The molecular weight excluding hydrogens is 263 g/mol. The lowest BCUT2D eigenvalue weighted by Gasteiger charge is -2.18. The Morgan fingerprint density at radius 3 is 2.42 bits per heavy atom. The van der Waals surface area contributed by atoms with Gasteiger partial charge in [-0.05, 0) is 35.2 Å². The van der Waals surface area contributed by atoms with E-state index in [-0.39, 0.29) is 10.4 Å². The predicted octanol–water partition coefficient (Wildman–Crippen LogP) is 4.92. The normalized spacial score (nSPS) is 11.4. The molecular formula is C15H16ClFN2. The molecule has 2 aromatic rings. The predicted molar refractivity (Wildman–Crippen MR) is 77.6 cm³/mol. The number of nitrogens with zero attached hydrogens (tertiary/aromatic N) is 1. The minimum atomic E-state index is -0.428. The Bertz CT molecular complexity index is 574. The molecule has 0 atom stereocenters. The van der Waals surface area contributed by atoms with Crippen molar-refractivity contribution in [3.63, 3.8) is 0 Å². The highest BCUT2D eigenvalue weighted by molar-refractivity contribution is 6.31. The maximum atomic E-state index is 13.0. The molecule has 0 fully saturated rings. The third kappa shape index (κ3) is 3.44. The third-order valence-corrected chi connectivity index (χ3v) is 3.11. The van der Waals surface area contributed by atoms with Crippen molar-refractivity contribution in [2.24, 2.45) is 0 Å². The maximum absolute atomic E-state index is 13.0. The smallest absolute Gasteiger partial charge is 0.141 e. The summed E-state index contributed by atoms with van der Waals surface area (Å²) in [5.41, 5.74) is 1.95. The second-order valence-electron chi connectivity index (χ2n) is 5.44. The van der Waals surface area contributed by atoms with Gasteiger partial charge in [0.05, 0.1) is 5.02 Å². The number of rotatable bonds is 2. The molecule has 19 heavy (non-hydrogen) atoms. The summed E-state index contributed by atoms with van der Waals surface area (Å²) in [7, 11) is 0. The van der Waals surface area contributed by atoms with Crippen molar-refractivity contribution < 1.29 is 4.39 Å². The van der Waals surface area contributed by atoms with E-state index in [1.165, 1.54) is 12.1 Å². The van der Waals surface area contributed by atoms with E-state index in [9.17, 15) is 4.39 Å². The van der Waals surface area contributed by atoms with Crippen LogP contribution in [0.15, 0.2) is 36.5 Å². The first-order valence-electron chi connectivity index (χ1n) is 6.05. The quantitative estimate of drug-likeness (QED) is 0.844. The first kappa shape index (κ1) is 13.8. The van der Waals surface area contributed by atoms with Crippen LogP contribution in [0.5, 0.6) is 0 Å². The van der Waals surface area contributed by atoms with Crippen LogP contribution < -0.4 is 5.32 Å². The first-order chi connectivity index (χ1) is 8.86. The number of nitrogens with one attached hydrogen (secondary N) is 1. The van der Waals surface area contributed by atoms with Crippen LogP contribution in [-0.2, 0) is 5.41 Å². The van der Waals surface area contributed by atoms with Crippen molar-refractivity contribution in [2.75, 3.05) is 5.32 Å². The molecule has 0 radical (unpaired) electrons. The number of pyridine rings is 1. The molecule has 2 nitrogen and oxygen atoms in total. The van der Waals surface area contributed by atoms with Crippen molar-refractivity contribution in [1.82, 2.24) is 4.98 Å². The lowest BCUT2D eigenvalue weighted by atomic mass is 9.88. The van der Waals surface area contributed by atoms with Crippen molar-refractivity contribution in [3.8, 4) is 0 Å². The molecule has 0 saturated carbocycles. The Kier molecular flexibility index (Phi) is 3.76. The molecule has 0 saturated heterocycles. The summed E-state index contributed by atoms with van der Waals surface area (Å²) in [6.07, 6.45) is 1.84. The molecule has 0 aliphatic carbocycles. The van der Waals surface area contributed by atoms with Crippen LogP contribution in [0.2, 0.25) is 5.02 Å². The molecule has 1 N–H and O–H groups in total. The topological polar surface area (TPSA) is 24.9 Å². The molecule has 0 bridgehead atoms. The molecule has 100 valence electrons. The van der Waals surface area contributed by atoms with E-state index in [0.29, 0.717) is 11.5 Å². The van der Waals surface area contributed by atoms with E-state index in [2.05, 4.69) is 31.1 Å². The molecule has 1 aromatic carbocycles. The van der Waals surface area contributed by atoms with Gasteiger partial charge in [0.2, 0.25) is 0 Å². The Labute approximate surface area is 117 Å². The van der Waals surface area contributed by atoms with Crippen molar-refractivity contribution in [2.45, 2.75) is 26.2 Å². The van der Waals surface area contributed by atoms with Gasteiger partial charge in [0, 0.05) is 11.9 Å². The van der Waals surface area contributed by atoms with Gasteiger partial charge in [-0.2, -0.15) is 0 Å². The molecule has 0 unspecified atom stereocenters. The van der Waals surface area contributed by atoms with Gasteiger partial charge in [0.25, 0.3) is 0 Å². The second-order valence-corrected chi connectivity index (χ2v) is 5.84. The summed E-state index contributed by atoms with van der Waals surface area (Å²) in [6.45, 7) is 6.41. The van der Waals surface area contributed by atoms with E-state index < -0.39 is 5.82 Å². The average Bonchev–Trinajstić information content (AvgIpc) is 2.33. The number of anilines is 2. The fourth-order valence-corrected chi connectivity index (χ4v) is 1.81. The summed E-state index contributed by atoms with van der Waals surface area (Å²) >= 11 is 5.73. The Hall–Kier alpha value is -1.61. The summed E-state index contributed by atoms with van der Waals surface area (Å²) < 4.78 is 13.0. The molecule has 0 amide bonds. The number of aromatic nitrogens is 1. The highest BCUT2D eigenvalue weighted by Gasteiger charge is 2.13. The molecule has 0 aliphatic heterocycles. The van der Waals surface area contributed by atoms with Gasteiger partial charge in [-0.25, -0.2) is 9.37 Å². The fourth-order valence-electron chi connectivity index (χ4n) is 1.63. The highest BCUT2D eigenvalue weighted by atomic mass is 35.5. The number of benzene rings is 1. The Morgan fingerprint density at radius 1 is 1.16 bits per heavy atom. The fraction of sp³-hybridized carbons (Fsp3) is 0.267. The standard InChI is InChI=1S/C15H16ClFN2/c1-15(2,3)10-4-7-14(18-9-10)19-11-5-6-13(17)12(16)8-11/h4-9H,1-3H3,(H,18,19). The number of hydrogen-bond donors (Lipinski definition) is 1. The van der Waals surface area contributed by atoms with Crippen LogP contribution in [0.4, 0.5) is 15.9 Å². The van der Waals surface area contributed by atoms with E-state index >= 15 is 0 Å². The SMILES string of the molecule is CC(C)(C)c1ccc(Nc2ccc(F)c(Cl)c2)nc1. The lowest BCUT2D eigenvalue weighted by molar-refractivity contribution is 0.587. The molecule has 0 aliphatic rings. The van der Waals surface area contributed by atoms with Gasteiger partial charge in [0.1, 0.15) is 11.6 Å². The lowest BCUT2D eigenvalue weighted by Crippen LogP contribution is -2.11. The van der Waals surface area contributed by atoms with E-state index in [4.69, 9.17) is 11.6 Å². The third-order valence-electron chi connectivity index (χ3n) is 2.82. The van der Waals surface area contributed by atoms with Gasteiger partial charge < -0.3 is 5.32 Å². The van der Waals surface area contributed by atoms with Gasteiger partial charge in [-0.1, -0.05) is 38.4 Å². The Balaban J connectivity index is 2.17. The molecule has 1 aromatic heterocycles. The van der Waals surface area contributed by atoms with E-state index in [0.717, 1.165) is 5.56 Å². The minimum absolute atomic E-state index is 0.0741. The summed E-state index contributed by atoms with van der Waals surface area (Å²) in [6, 6.07) is 8.42. The van der Waals surface area contributed by atoms with Crippen LogP contribution in [-0.4, -0.2) is 4.98 Å². The van der Waals surface area contributed by atoms with Gasteiger partial charge in [-0.3, -0.25) is 0 Å². The van der Waals surface area contributed by atoms with Crippen LogP contribution >= 0.6 is 11.6 Å². The zero-order valence-corrected chi connectivity index (χ0v) is 11.9. The van der Waals surface area contributed by atoms with E-state index in [1.807, 2.05) is 18.3 Å². The number of hydrogen-bond acceptors (Lipinski definition) is 2.